The first-order valence-electron chi connectivity index (χ1n) is 0. The summed E-state index contributed by atoms with van der Waals surface area (Å²) in [4.78, 5) is 0. The molecule has 0 radical (unpaired) electrons. The van der Waals surface area contributed by atoms with Gasteiger partial charge >= 0.3 is 39.1 Å². The van der Waals surface area contributed by atoms with E-state index in [1.807, 2.05) is 0 Å². The molecule has 0 saturated heterocycles. The third-order valence-electron chi connectivity index (χ3n) is 0. The van der Waals surface area contributed by atoms with Crippen LogP contribution in [0.3, 0.4) is 0 Å². The van der Waals surface area contributed by atoms with Crippen LogP contribution in [0.2, 0.25) is 0 Å². The van der Waals surface area contributed by atoms with Crippen LogP contribution in [0.4, 0.5) is 0 Å². The van der Waals surface area contributed by atoms with Gasteiger partial charge in [0, 0.05) is 0 Å². The predicted octanol–water partition coefficient (Wildman–Crippen LogP) is -15.4. The maximum absolute atomic E-state index is 0. The molecule has 7 heavy (non-hydrogen) atoms. The topological polar surface area (TPSA) is 0 Å². The van der Waals surface area contributed by atoms with Gasteiger partial charge in [-0.3, -0.25) is 0 Å². The van der Waals surface area contributed by atoms with Crippen LogP contribution < -0.4 is 62.0 Å². The summed E-state index contributed by atoms with van der Waals surface area (Å²) in [5.74, 6) is 0. The van der Waals surface area contributed by atoms with Crippen LogP contribution in [0, 0.1) is 0 Å². The van der Waals surface area contributed by atoms with E-state index in [0.717, 1.165) is 0 Å². The molecular formula is AlCl5Ti. The molecule has 0 aromatic carbocycles. The molecule has 0 rings (SSSR count). The Labute approximate surface area is 100 Å². The minimum atomic E-state index is 0. The number of hydrogen-bond acceptors (Lipinski definition) is 0. The standard InChI is InChI=1S/Al.5ClH.Ti/h;5*1H;/q+3;;;;;;+2/p-5. The number of rotatable bonds is 0. The largest absolute Gasteiger partial charge is 3.00 e. The zero-order chi connectivity index (χ0) is 0. The van der Waals surface area contributed by atoms with E-state index in [9.17, 15) is 0 Å². The summed E-state index contributed by atoms with van der Waals surface area (Å²) in [6.07, 6.45) is 0. The first-order valence-corrected chi connectivity index (χ1v) is 0. The Bertz CT molecular complexity index is 8.04. The molecule has 0 atom stereocenters. The smallest absolute Gasteiger partial charge is 1.00 e. The van der Waals surface area contributed by atoms with Crippen molar-refractivity contribution in [2.75, 3.05) is 0 Å². The van der Waals surface area contributed by atoms with Gasteiger partial charge in [-0.05, 0) is 0 Å². The molecule has 0 bridgehead atoms. The maximum atomic E-state index is 0. The molecule has 0 saturated carbocycles. The van der Waals surface area contributed by atoms with Crippen molar-refractivity contribution in [1.82, 2.24) is 0 Å². The summed E-state index contributed by atoms with van der Waals surface area (Å²) in [6.45, 7) is 0. The fourth-order valence-corrected chi connectivity index (χ4v) is 0. The van der Waals surface area contributed by atoms with Crippen LogP contribution in [0.5, 0.6) is 0 Å². The van der Waals surface area contributed by atoms with Crippen molar-refractivity contribution < 1.29 is 83.8 Å². The van der Waals surface area contributed by atoms with E-state index in [2.05, 4.69) is 0 Å². The van der Waals surface area contributed by atoms with Gasteiger partial charge in [-0.2, -0.15) is 0 Å². The van der Waals surface area contributed by atoms with E-state index in [4.69, 9.17) is 0 Å². The molecule has 0 amide bonds. The van der Waals surface area contributed by atoms with Gasteiger partial charge in [0.2, 0.25) is 0 Å². The summed E-state index contributed by atoms with van der Waals surface area (Å²) in [5.41, 5.74) is 0. The molecule has 0 aromatic rings. The molecule has 0 heterocycles. The summed E-state index contributed by atoms with van der Waals surface area (Å²) in [5, 5.41) is 0. The molecule has 0 aromatic heterocycles. The molecule has 0 aliphatic carbocycles. The minimum Gasteiger partial charge on any atom is -1.00 e. The number of halogens is 5. The Balaban J connectivity index is 0. The molecular weight excluding hydrogens is 252 g/mol. The molecule has 0 spiro atoms. The van der Waals surface area contributed by atoms with Gasteiger partial charge in [0.15, 0.2) is 0 Å². The van der Waals surface area contributed by atoms with Gasteiger partial charge in [0.25, 0.3) is 0 Å². The van der Waals surface area contributed by atoms with Crippen LogP contribution in [0.25, 0.3) is 0 Å². The van der Waals surface area contributed by atoms with E-state index in [1.165, 1.54) is 0 Å². The van der Waals surface area contributed by atoms with Crippen LogP contribution >= 0.6 is 0 Å². The Kier molecular flexibility index (Phi) is 1020. The Morgan fingerprint density at radius 2 is 0.429 bits per heavy atom. The Hall–Kier alpha value is 2.70. The van der Waals surface area contributed by atoms with Gasteiger partial charge < -0.3 is 62.0 Å². The normalized spacial score (nSPS) is 0. The third kappa shape index (κ3) is 53.6. The van der Waals surface area contributed by atoms with Crippen molar-refractivity contribution in [3.63, 3.8) is 0 Å². The summed E-state index contributed by atoms with van der Waals surface area (Å²) >= 11 is 0. The summed E-state index contributed by atoms with van der Waals surface area (Å²) < 4.78 is 0. The molecule has 0 aliphatic heterocycles. The number of hydrogen-bond donors (Lipinski definition) is 0. The molecule has 0 unspecified atom stereocenters. The second-order valence-corrected chi connectivity index (χ2v) is 0. The van der Waals surface area contributed by atoms with E-state index in [-0.39, 0.29) is 101 Å². The zero-order valence-corrected chi connectivity index (χ0v) is 9.46. The van der Waals surface area contributed by atoms with Gasteiger partial charge in [0.1, 0.15) is 0 Å². The van der Waals surface area contributed by atoms with Gasteiger partial charge in [0.05, 0.1) is 0 Å². The molecule has 0 aliphatic rings. The van der Waals surface area contributed by atoms with Gasteiger partial charge in [-0.1, -0.05) is 0 Å². The molecule has 0 fully saturated rings. The van der Waals surface area contributed by atoms with Crippen molar-refractivity contribution in [3.8, 4) is 0 Å². The monoisotopic (exact) mass is 250 g/mol. The van der Waals surface area contributed by atoms with Crippen molar-refractivity contribution >= 4 is 17.4 Å². The van der Waals surface area contributed by atoms with Gasteiger partial charge in [-0.15, -0.1) is 0 Å². The Morgan fingerprint density at radius 3 is 0.429 bits per heavy atom. The molecule has 7 heteroatoms. The fourth-order valence-electron chi connectivity index (χ4n) is 0. The SMILES string of the molecule is [Al+3].[Cl-].[Cl-].[Cl-].[Cl-].[Cl-].[Ti+2]. The molecule has 42 valence electrons. The molecule has 0 nitrogen and oxygen atoms in total. The quantitative estimate of drug-likeness (QED) is 0.376. The Morgan fingerprint density at radius 1 is 0.429 bits per heavy atom. The van der Waals surface area contributed by atoms with Crippen LogP contribution in [-0.2, 0) is 21.7 Å². The van der Waals surface area contributed by atoms with Crippen molar-refractivity contribution in [3.05, 3.63) is 0 Å². The average molecular weight is 252 g/mol. The van der Waals surface area contributed by atoms with E-state index in [1.54, 1.807) is 0 Å². The third-order valence-corrected chi connectivity index (χ3v) is 0. The first-order chi connectivity index (χ1) is 0. The summed E-state index contributed by atoms with van der Waals surface area (Å²) in [7, 11) is 0. The fraction of sp³-hybridized carbons (Fsp3) is 0. The first kappa shape index (κ1) is 101. The maximum Gasteiger partial charge on any atom is 3.00 e. The summed E-state index contributed by atoms with van der Waals surface area (Å²) in [6, 6.07) is 0. The second-order valence-electron chi connectivity index (χ2n) is 0. The van der Waals surface area contributed by atoms with Crippen molar-refractivity contribution in [2.45, 2.75) is 0 Å². The van der Waals surface area contributed by atoms with E-state index < -0.39 is 0 Å². The van der Waals surface area contributed by atoms with Gasteiger partial charge in [-0.25, -0.2) is 0 Å². The van der Waals surface area contributed by atoms with E-state index >= 15 is 0 Å². The van der Waals surface area contributed by atoms with E-state index in [0.29, 0.717) is 0 Å². The zero-order valence-electron chi connectivity index (χ0n) is 2.97. The second kappa shape index (κ2) is 70.8. The van der Waals surface area contributed by atoms with Crippen LogP contribution in [0.1, 0.15) is 0 Å². The van der Waals surface area contributed by atoms with Crippen LogP contribution in [-0.4, -0.2) is 17.4 Å². The minimum absolute atomic E-state index is 0. The van der Waals surface area contributed by atoms with Crippen molar-refractivity contribution in [2.24, 2.45) is 0 Å². The predicted molar refractivity (Wildman–Crippen MR) is 5.75 cm³/mol. The average Bonchev–Trinajstić information content (AvgIpc) is 0. The van der Waals surface area contributed by atoms with Crippen LogP contribution in [0.15, 0.2) is 0 Å². The van der Waals surface area contributed by atoms with Crippen molar-refractivity contribution in [1.29, 1.82) is 0 Å². The molecule has 0 N–H and O–H groups in total.